The van der Waals surface area contributed by atoms with Crippen LogP contribution in [0.3, 0.4) is 0 Å². The van der Waals surface area contributed by atoms with Crippen LogP contribution in [-0.2, 0) is 4.74 Å². The molecule has 0 radical (unpaired) electrons. The van der Waals surface area contributed by atoms with Crippen LogP contribution in [0.25, 0.3) is 0 Å². The Kier molecular flexibility index (Phi) is 4.43. The number of carbonyl (C=O) groups excluding carboxylic acids is 1. The second-order valence-corrected chi connectivity index (χ2v) is 5.40. The van der Waals surface area contributed by atoms with Crippen LogP contribution in [0.2, 0.25) is 0 Å². The fourth-order valence-corrected chi connectivity index (χ4v) is 2.02. The molecule has 1 N–H and O–H groups in total. The Hall–Kier alpha value is -2.06. The lowest BCUT2D eigenvalue weighted by molar-refractivity contribution is -0.138. The molecule has 22 heavy (non-hydrogen) atoms. The summed E-state index contributed by atoms with van der Waals surface area (Å²) in [6.45, 7) is 5.04. The van der Waals surface area contributed by atoms with Crippen molar-refractivity contribution < 1.29 is 22.7 Å². The molecule has 1 aliphatic rings. The van der Waals surface area contributed by atoms with Gasteiger partial charge in [-0.25, -0.2) is 9.78 Å². The zero-order valence-corrected chi connectivity index (χ0v) is 12.4. The minimum atomic E-state index is -4.41. The standard InChI is InChI=1S/C13H17F3N4O2/c1-7(2)9-6-22-12(21)20(9)10-4-5-17-11(19-10)18-8(3)13(14,15)16/h4-5,7-9H,6H2,1-3H3,(H,17,18,19). The zero-order chi connectivity index (χ0) is 16.5. The van der Waals surface area contributed by atoms with Gasteiger partial charge in [-0.3, -0.25) is 4.90 Å². The average Bonchev–Trinajstić information content (AvgIpc) is 2.80. The molecule has 2 atom stereocenters. The summed E-state index contributed by atoms with van der Waals surface area (Å²) < 4.78 is 42.7. The van der Waals surface area contributed by atoms with Gasteiger partial charge in [-0.2, -0.15) is 18.2 Å². The number of hydrogen-bond donors (Lipinski definition) is 1. The monoisotopic (exact) mass is 318 g/mol. The van der Waals surface area contributed by atoms with Crippen molar-refractivity contribution in [3.63, 3.8) is 0 Å². The number of ether oxygens (including phenoxy) is 1. The fraction of sp³-hybridized carbons (Fsp3) is 0.615. The molecule has 0 saturated carbocycles. The quantitative estimate of drug-likeness (QED) is 0.924. The highest BCUT2D eigenvalue weighted by Crippen LogP contribution is 2.27. The van der Waals surface area contributed by atoms with Gasteiger partial charge in [0.25, 0.3) is 0 Å². The van der Waals surface area contributed by atoms with E-state index in [4.69, 9.17) is 4.74 Å². The molecular weight excluding hydrogens is 301 g/mol. The number of carbonyl (C=O) groups is 1. The van der Waals surface area contributed by atoms with E-state index in [2.05, 4.69) is 15.3 Å². The van der Waals surface area contributed by atoms with Crippen molar-refractivity contribution in [2.24, 2.45) is 5.92 Å². The Morgan fingerprint density at radius 1 is 1.41 bits per heavy atom. The van der Waals surface area contributed by atoms with Gasteiger partial charge in [0.2, 0.25) is 5.95 Å². The summed E-state index contributed by atoms with van der Waals surface area (Å²) in [6, 6.07) is -0.546. The first-order valence-electron chi connectivity index (χ1n) is 6.82. The molecule has 1 aromatic rings. The summed E-state index contributed by atoms with van der Waals surface area (Å²) >= 11 is 0. The second-order valence-electron chi connectivity index (χ2n) is 5.40. The molecule has 2 unspecified atom stereocenters. The number of anilines is 2. The maximum Gasteiger partial charge on any atom is 0.415 e. The van der Waals surface area contributed by atoms with Crippen LogP contribution in [0.1, 0.15) is 20.8 Å². The van der Waals surface area contributed by atoms with E-state index in [1.807, 2.05) is 13.8 Å². The smallest absolute Gasteiger partial charge is 0.415 e. The first-order valence-corrected chi connectivity index (χ1v) is 6.82. The topological polar surface area (TPSA) is 67.3 Å². The lowest BCUT2D eigenvalue weighted by Gasteiger charge is -2.24. The largest absolute Gasteiger partial charge is 0.447 e. The van der Waals surface area contributed by atoms with Crippen molar-refractivity contribution in [1.29, 1.82) is 0 Å². The Balaban J connectivity index is 2.22. The van der Waals surface area contributed by atoms with Gasteiger partial charge < -0.3 is 10.1 Å². The summed E-state index contributed by atoms with van der Waals surface area (Å²) in [5.41, 5.74) is 0. The third-order valence-electron chi connectivity index (χ3n) is 3.40. The van der Waals surface area contributed by atoms with Gasteiger partial charge in [0.15, 0.2) is 0 Å². The number of hydrogen-bond acceptors (Lipinski definition) is 5. The Bertz CT molecular complexity index is 550. The molecule has 1 fully saturated rings. The minimum Gasteiger partial charge on any atom is -0.447 e. The van der Waals surface area contributed by atoms with Gasteiger partial charge in [0.1, 0.15) is 18.5 Å². The second kappa shape index (κ2) is 5.98. The highest BCUT2D eigenvalue weighted by Gasteiger charge is 2.38. The minimum absolute atomic E-state index is 0.118. The Morgan fingerprint density at radius 2 is 2.09 bits per heavy atom. The molecule has 2 rings (SSSR count). The molecule has 1 aliphatic heterocycles. The van der Waals surface area contributed by atoms with Crippen LogP contribution in [0, 0.1) is 5.92 Å². The first-order chi connectivity index (χ1) is 10.2. The SMILES string of the molecule is CC(C)C1COC(=O)N1c1ccnc(NC(C)C(F)(F)F)n1. The number of aromatic nitrogens is 2. The van der Waals surface area contributed by atoms with Crippen LogP contribution in [0.15, 0.2) is 12.3 Å². The number of rotatable bonds is 4. The molecule has 122 valence electrons. The van der Waals surface area contributed by atoms with Crippen molar-refractivity contribution >= 4 is 17.9 Å². The molecule has 0 bridgehead atoms. The predicted molar refractivity (Wildman–Crippen MR) is 73.6 cm³/mol. The van der Waals surface area contributed by atoms with Gasteiger partial charge in [-0.15, -0.1) is 0 Å². The molecule has 1 aromatic heterocycles. The average molecular weight is 318 g/mol. The van der Waals surface area contributed by atoms with Gasteiger partial charge in [0.05, 0.1) is 6.04 Å². The van der Waals surface area contributed by atoms with Crippen LogP contribution in [0.4, 0.5) is 29.7 Å². The van der Waals surface area contributed by atoms with E-state index >= 15 is 0 Å². The molecule has 0 aromatic carbocycles. The van der Waals surface area contributed by atoms with Crippen molar-refractivity contribution in [3.05, 3.63) is 12.3 Å². The maximum atomic E-state index is 12.6. The summed E-state index contributed by atoms with van der Waals surface area (Å²) in [7, 11) is 0. The van der Waals surface area contributed by atoms with E-state index in [-0.39, 0.29) is 30.3 Å². The summed E-state index contributed by atoms with van der Waals surface area (Å²) in [5.74, 6) is 0.143. The van der Waals surface area contributed by atoms with E-state index < -0.39 is 18.3 Å². The lowest BCUT2D eigenvalue weighted by Crippen LogP contribution is -2.38. The van der Waals surface area contributed by atoms with Gasteiger partial charge >= 0.3 is 12.3 Å². The predicted octanol–water partition coefficient (Wildman–Crippen LogP) is 2.82. The molecule has 9 heteroatoms. The molecule has 6 nitrogen and oxygen atoms in total. The third kappa shape index (κ3) is 3.40. The number of amides is 1. The highest BCUT2D eigenvalue weighted by atomic mass is 19.4. The zero-order valence-electron chi connectivity index (χ0n) is 12.4. The molecular formula is C13H17F3N4O2. The van der Waals surface area contributed by atoms with E-state index in [0.717, 1.165) is 6.92 Å². The third-order valence-corrected chi connectivity index (χ3v) is 3.40. The molecule has 2 heterocycles. The van der Waals surface area contributed by atoms with Gasteiger partial charge in [0, 0.05) is 6.20 Å². The highest BCUT2D eigenvalue weighted by molar-refractivity contribution is 5.89. The molecule has 1 saturated heterocycles. The number of alkyl halides is 3. The van der Waals surface area contributed by atoms with E-state index in [1.165, 1.54) is 17.2 Å². The van der Waals surface area contributed by atoms with Crippen LogP contribution in [-0.4, -0.2) is 40.9 Å². The van der Waals surface area contributed by atoms with Gasteiger partial charge in [-0.1, -0.05) is 13.8 Å². The normalized spacial score (nSPS) is 20.2. The number of nitrogens with zero attached hydrogens (tertiary/aromatic N) is 3. The Morgan fingerprint density at radius 3 is 2.68 bits per heavy atom. The van der Waals surface area contributed by atoms with Crippen molar-refractivity contribution in [3.8, 4) is 0 Å². The van der Waals surface area contributed by atoms with Crippen molar-refractivity contribution in [1.82, 2.24) is 9.97 Å². The number of cyclic esters (lactones) is 1. The summed E-state index contributed by atoms with van der Waals surface area (Å²) in [4.78, 5) is 20.9. The number of nitrogens with one attached hydrogen (secondary N) is 1. The molecule has 1 amide bonds. The lowest BCUT2D eigenvalue weighted by atomic mass is 10.0. The van der Waals surface area contributed by atoms with Crippen LogP contribution < -0.4 is 10.2 Å². The molecule has 0 aliphatic carbocycles. The maximum absolute atomic E-state index is 12.6. The summed E-state index contributed by atoms with van der Waals surface area (Å²) in [5, 5.41) is 2.18. The van der Waals surface area contributed by atoms with Crippen LogP contribution in [0.5, 0.6) is 0 Å². The van der Waals surface area contributed by atoms with E-state index in [0.29, 0.717) is 0 Å². The van der Waals surface area contributed by atoms with E-state index in [9.17, 15) is 18.0 Å². The van der Waals surface area contributed by atoms with Crippen molar-refractivity contribution in [2.45, 2.75) is 39.0 Å². The summed E-state index contributed by atoms with van der Waals surface area (Å²) in [6.07, 6.45) is -3.67. The van der Waals surface area contributed by atoms with Crippen LogP contribution >= 0.6 is 0 Å². The first kappa shape index (κ1) is 16.3. The van der Waals surface area contributed by atoms with Crippen molar-refractivity contribution in [2.75, 3.05) is 16.8 Å². The van der Waals surface area contributed by atoms with E-state index in [1.54, 1.807) is 0 Å². The van der Waals surface area contributed by atoms with Gasteiger partial charge in [-0.05, 0) is 18.9 Å². The molecule has 0 spiro atoms. The fourth-order valence-electron chi connectivity index (χ4n) is 2.02. The Labute approximate surface area is 125 Å². The number of halogens is 3.